The third-order valence-corrected chi connectivity index (χ3v) is 3.12. The molecule has 7 nitrogen and oxygen atoms in total. The number of amides is 1. The smallest absolute Gasteiger partial charge is 0.320 e. The molecule has 1 heterocycles. The van der Waals surface area contributed by atoms with Gasteiger partial charge in [0.15, 0.2) is 0 Å². The number of hydrogen-bond donors (Lipinski definition) is 3. The Kier molecular flexibility index (Phi) is 6.11. The number of aliphatic carboxylic acids is 1. The van der Waals surface area contributed by atoms with Crippen molar-refractivity contribution in [1.29, 1.82) is 0 Å². The van der Waals surface area contributed by atoms with Crippen molar-refractivity contribution < 1.29 is 14.7 Å². The van der Waals surface area contributed by atoms with Gasteiger partial charge in [0.05, 0.1) is 17.8 Å². The maximum Gasteiger partial charge on any atom is 0.320 e. The Balaban J connectivity index is 2.68. The van der Waals surface area contributed by atoms with E-state index < -0.39 is 12.0 Å². The normalized spacial score (nSPS) is 13.0. The lowest BCUT2D eigenvalue weighted by atomic mass is 10.1. The van der Waals surface area contributed by atoms with Gasteiger partial charge < -0.3 is 10.4 Å². The first-order chi connectivity index (χ1) is 10.1. The summed E-state index contributed by atoms with van der Waals surface area (Å²) in [7, 11) is 0. The quantitative estimate of drug-likeness (QED) is 0.712. The molecule has 1 aromatic rings. The molecule has 0 aliphatic rings. The highest BCUT2D eigenvalue weighted by molar-refractivity contribution is 5.92. The number of anilines is 1. The number of carbonyl (C=O) groups excluding carboxylic acids is 1. The standard InChI is InChI=1S/C15H26N4O3/c1-6-7-11(14(21)22)16-9-13(20)17-12-8-10(2)18-19(12)15(3,4)5/h8,11,16H,6-7,9H2,1-5H3,(H,17,20)(H,21,22). The van der Waals surface area contributed by atoms with Crippen molar-refractivity contribution in [2.24, 2.45) is 0 Å². The monoisotopic (exact) mass is 310 g/mol. The molecule has 1 aromatic heterocycles. The second-order valence-electron chi connectivity index (χ2n) is 6.36. The predicted molar refractivity (Wildman–Crippen MR) is 84.9 cm³/mol. The van der Waals surface area contributed by atoms with E-state index in [1.165, 1.54) is 0 Å². The zero-order valence-corrected chi connectivity index (χ0v) is 13.9. The van der Waals surface area contributed by atoms with E-state index in [9.17, 15) is 9.59 Å². The predicted octanol–water partition coefficient (Wildman–Crippen LogP) is 1.73. The van der Waals surface area contributed by atoms with Crippen molar-refractivity contribution >= 4 is 17.7 Å². The molecule has 0 spiro atoms. The Labute approximate surface area is 131 Å². The van der Waals surface area contributed by atoms with Gasteiger partial charge in [0, 0.05) is 6.07 Å². The molecule has 0 fully saturated rings. The Bertz CT molecular complexity index is 531. The minimum Gasteiger partial charge on any atom is -0.480 e. The van der Waals surface area contributed by atoms with Crippen molar-refractivity contribution in [2.75, 3.05) is 11.9 Å². The average molecular weight is 310 g/mol. The number of nitrogens with zero attached hydrogens (tertiary/aromatic N) is 2. The highest BCUT2D eigenvalue weighted by atomic mass is 16.4. The summed E-state index contributed by atoms with van der Waals surface area (Å²) in [5.74, 6) is -0.614. The van der Waals surface area contributed by atoms with E-state index in [-0.39, 0.29) is 18.0 Å². The van der Waals surface area contributed by atoms with Crippen LogP contribution in [0.4, 0.5) is 5.82 Å². The third kappa shape index (κ3) is 5.14. The van der Waals surface area contributed by atoms with E-state index in [1.807, 2.05) is 34.6 Å². The van der Waals surface area contributed by atoms with Crippen molar-refractivity contribution in [3.05, 3.63) is 11.8 Å². The Morgan fingerprint density at radius 3 is 2.55 bits per heavy atom. The van der Waals surface area contributed by atoms with E-state index in [4.69, 9.17) is 5.11 Å². The summed E-state index contributed by atoms with van der Waals surface area (Å²) in [5, 5.41) is 19.0. The second-order valence-corrected chi connectivity index (χ2v) is 6.36. The third-order valence-electron chi connectivity index (χ3n) is 3.12. The van der Waals surface area contributed by atoms with Gasteiger partial charge in [0.2, 0.25) is 5.91 Å². The topological polar surface area (TPSA) is 96.3 Å². The Morgan fingerprint density at radius 1 is 1.41 bits per heavy atom. The molecule has 0 saturated carbocycles. The van der Waals surface area contributed by atoms with Crippen molar-refractivity contribution in [2.45, 2.75) is 59.0 Å². The molecule has 0 bridgehead atoms. The van der Waals surface area contributed by atoms with Crippen LogP contribution >= 0.6 is 0 Å². The van der Waals surface area contributed by atoms with Crippen molar-refractivity contribution in [3.63, 3.8) is 0 Å². The number of carbonyl (C=O) groups is 2. The largest absolute Gasteiger partial charge is 0.480 e. The summed E-state index contributed by atoms with van der Waals surface area (Å²) in [6, 6.07) is 1.09. The summed E-state index contributed by atoms with van der Waals surface area (Å²) in [4.78, 5) is 23.1. The number of aryl methyl sites for hydroxylation is 1. The number of carboxylic acid groups (broad SMARTS) is 1. The number of rotatable bonds is 7. The minimum absolute atomic E-state index is 0.0503. The SMILES string of the molecule is CCCC(NCC(=O)Nc1cc(C)nn1C(C)(C)C)C(=O)O. The van der Waals surface area contributed by atoms with Crippen molar-refractivity contribution in [1.82, 2.24) is 15.1 Å². The Morgan fingerprint density at radius 2 is 2.05 bits per heavy atom. The molecule has 0 aliphatic heterocycles. The summed E-state index contributed by atoms with van der Waals surface area (Å²) in [5.41, 5.74) is 0.559. The summed E-state index contributed by atoms with van der Waals surface area (Å²) in [6.45, 7) is 9.70. The molecular formula is C15H26N4O3. The fourth-order valence-corrected chi connectivity index (χ4v) is 2.10. The first-order valence-corrected chi connectivity index (χ1v) is 7.48. The molecule has 1 unspecified atom stereocenters. The van der Waals surface area contributed by atoms with Crippen LogP contribution in [0.1, 0.15) is 46.2 Å². The number of nitrogens with one attached hydrogen (secondary N) is 2. The summed E-state index contributed by atoms with van der Waals surface area (Å²) in [6.07, 6.45) is 1.23. The fourth-order valence-electron chi connectivity index (χ4n) is 2.10. The van der Waals surface area contributed by atoms with Crippen LogP contribution < -0.4 is 10.6 Å². The van der Waals surface area contributed by atoms with Gasteiger partial charge in [-0.05, 0) is 34.1 Å². The van der Waals surface area contributed by atoms with Gasteiger partial charge in [0.25, 0.3) is 0 Å². The van der Waals surface area contributed by atoms with E-state index >= 15 is 0 Å². The zero-order valence-electron chi connectivity index (χ0n) is 13.9. The van der Waals surface area contributed by atoms with Crippen LogP contribution in [0, 0.1) is 6.92 Å². The van der Waals surface area contributed by atoms with Gasteiger partial charge in [-0.1, -0.05) is 13.3 Å². The van der Waals surface area contributed by atoms with Crippen LogP contribution in [0.3, 0.4) is 0 Å². The average Bonchev–Trinajstić information content (AvgIpc) is 2.75. The highest BCUT2D eigenvalue weighted by Crippen LogP contribution is 2.20. The summed E-state index contributed by atoms with van der Waals surface area (Å²) < 4.78 is 1.75. The maximum absolute atomic E-state index is 12.0. The van der Waals surface area contributed by atoms with Crippen LogP contribution in [0.2, 0.25) is 0 Å². The first kappa shape index (κ1) is 18.2. The molecule has 1 atom stereocenters. The molecule has 0 aromatic carbocycles. The van der Waals surface area contributed by atoms with Crippen LogP contribution in [0.5, 0.6) is 0 Å². The fraction of sp³-hybridized carbons (Fsp3) is 0.667. The zero-order chi connectivity index (χ0) is 16.9. The molecule has 7 heteroatoms. The molecular weight excluding hydrogens is 284 g/mol. The highest BCUT2D eigenvalue weighted by Gasteiger charge is 2.21. The van der Waals surface area contributed by atoms with Gasteiger partial charge >= 0.3 is 5.97 Å². The first-order valence-electron chi connectivity index (χ1n) is 7.48. The lowest BCUT2D eigenvalue weighted by Crippen LogP contribution is -2.41. The van der Waals surface area contributed by atoms with Gasteiger partial charge in [-0.3, -0.25) is 14.9 Å². The molecule has 22 heavy (non-hydrogen) atoms. The van der Waals surface area contributed by atoms with E-state index in [0.717, 1.165) is 12.1 Å². The van der Waals surface area contributed by atoms with Crippen molar-refractivity contribution in [3.8, 4) is 0 Å². The number of aromatic nitrogens is 2. The second kappa shape index (κ2) is 7.40. The molecule has 1 rings (SSSR count). The van der Waals surface area contributed by atoms with Gasteiger partial charge in [0.1, 0.15) is 11.9 Å². The maximum atomic E-state index is 12.0. The van der Waals surface area contributed by atoms with Crippen LogP contribution in [-0.4, -0.2) is 39.4 Å². The van der Waals surface area contributed by atoms with Crippen LogP contribution in [0.25, 0.3) is 0 Å². The van der Waals surface area contributed by atoms with Crippen LogP contribution in [-0.2, 0) is 15.1 Å². The van der Waals surface area contributed by atoms with Crippen LogP contribution in [0.15, 0.2) is 6.07 Å². The molecule has 3 N–H and O–H groups in total. The molecule has 0 radical (unpaired) electrons. The molecule has 1 amide bonds. The Hall–Kier alpha value is -1.89. The summed E-state index contributed by atoms with van der Waals surface area (Å²) >= 11 is 0. The van der Waals surface area contributed by atoms with E-state index in [0.29, 0.717) is 12.2 Å². The van der Waals surface area contributed by atoms with E-state index in [2.05, 4.69) is 15.7 Å². The molecule has 0 saturated heterocycles. The van der Waals surface area contributed by atoms with Gasteiger partial charge in [-0.25, -0.2) is 4.68 Å². The number of carboxylic acids is 1. The lowest BCUT2D eigenvalue weighted by molar-refractivity contribution is -0.139. The van der Waals surface area contributed by atoms with Gasteiger partial charge in [-0.2, -0.15) is 5.10 Å². The molecule has 124 valence electrons. The molecule has 0 aliphatic carbocycles. The number of hydrogen-bond acceptors (Lipinski definition) is 4. The minimum atomic E-state index is -0.940. The van der Waals surface area contributed by atoms with Gasteiger partial charge in [-0.15, -0.1) is 0 Å². The lowest BCUT2D eigenvalue weighted by Gasteiger charge is -2.22. The van der Waals surface area contributed by atoms with E-state index in [1.54, 1.807) is 10.7 Å².